The van der Waals surface area contributed by atoms with Gasteiger partial charge in [0.05, 0.1) is 23.4 Å². The molecule has 0 saturated carbocycles. The summed E-state index contributed by atoms with van der Waals surface area (Å²) in [5.41, 5.74) is 1.52. The quantitative estimate of drug-likeness (QED) is 0.861. The van der Waals surface area contributed by atoms with Crippen LogP contribution in [0.3, 0.4) is 0 Å². The van der Waals surface area contributed by atoms with Gasteiger partial charge in [0.15, 0.2) is 0 Å². The Kier molecular flexibility index (Phi) is 3.02. The summed E-state index contributed by atoms with van der Waals surface area (Å²) in [6.07, 6.45) is 0. The van der Waals surface area contributed by atoms with Crippen LogP contribution in [0.1, 0.15) is 11.4 Å². The number of benzene rings is 1. The Morgan fingerprint density at radius 1 is 1.50 bits per heavy atom. The van der Waals surface area contributed by atoms with Crippen molar-refractivity contribution >= 4 is 16.9 Å². The SMILES string of the molecule is Cc1cccc2c(=O)[nH]c(CN3CC(C(=O)O)C3)nc12. The number of fused-ring (bicyclic) bond motifs is 1. The molecule has 0 unspecified atom stereocenters. The van der Waals surface area contributed by atoms with E-state index in [9.17, 15) is 9.59 Å². The number of nitrogens with one attached hydrogen (secondary N) is 1. The number of nitrogens with zero attached hydrogens (tertiary/aromatic N) is 2. The molecule has 1 aliphatic rings. The fourth-order valence-corrected chi connectivity index (χ4v) is 2.49. The maximum Gasteiger partial charge on any atom is 0.309 e. The molecule has 0 aliphatic carbocycles. The molecule has 0 amide bonds. The van der Waals surface area contributed by atoms with E-state index in [0.29, 0.717) is 36.4 Å². The molecule has 1 fully saturated rings. The first-order valence-corrected chi connectivity index (χ1v) is 6.48. The molecule has 1 aromatic heterocycles. The lowest BCUT2D eigenvalue weighted by Gasteiger charge is -2.36. The van der Waals surface area contributed by atoms with Crippen molar-refractivity contribution < 1.29 is 9.90 Å². The predicted molar refractivity (Wildman–Crippen MR) is 73.5 cm³/mol. The van der Waals surface area contributed by atoms with Crippen molar-refractivity contribution in [1.29, 1.82) is 0 Å². The van der Waals surface area contributed by atoms with Gasteiger partial charge in [-0.15, -0.1) is 0 Å². The van der Waals surface area contributed by atoms with Crippen molar-refractivity contribution in [3.05, 3.63) is 39.9 Å². The van der Waals surface area contributed by atoms with Crippen LogP contribution in [0.25, 0.3) is 10.9 Å². The first-order valence-electron chi connectivity index (χ1n) is 6.48. The third-order valence-corrected chi connectivity index (χ3v) is 3.67. The van der Waals surface area contributed by atoms with E-state index in [1.54, 1.807) is 6.07 Å². The minimum Gasteiger partial charge on any atom is -0.481 e. The number of carboxylic acid groups (broad SMARTS) is 1. The summed E-state index contributed by atoms with van der Waals surface area (Å²) in [6.45, 7) is 3.40. The highest BCUT2D eigenvalue weighted by atomic mass is 16.4. The van der Waals surface area contributed by atoms with E-state index in [1.165, 1.54) is 0 Å². The summed E-state index contributed by atoms with van der Waals surface area (Å²) in [6, 6.07) is 5.51. The molecule has 20 heavy (non-hydrogen) atoms. The van der Waals surface area contributed by atoms with Crippen LogP contribution >= 0.6 is 0 Å². The normalized spacial score (nSPS) is 16.2. The molecule has 2 N–H and O–H groups in total. The molecule has 3 rings (SSSR count). The molecule has 0 spiro atoms. The Balaban J connectivity index is 1.85. The van der Waals surface area contributed by atoms with Crippen molar-refractivity contribution in [3.63, 3.8) is 0 Å². The molecule has 6 heteroatoms. The van der Waals surface area contributed by atoms with Crippen molar-refractivity contribution in [2.45, 2.75) is 13.5 Å². The van der Waals surface area contributed by atoms with Gasteiger partial charge in [-0.05, 0) is 18.6 Å². The first-order chi connectivity index (χ1) is 9.54. The van der Waals surface area contributed by atoms with Crippen LogP contribution in [0.5, 0.6) is 0 Å². The number of aromatic nitrogens is 2. The summed E-state index contributed by atoms with van der Waals surface area (Å²) >= 11 is 0. The lowest BCUT2D eigenvalue weighted by atomic mass is 10.0. The number of likely N-dealkylation sites (tertiary alicyclic amines) is 1. The van der Waals surface area contributed by atoms with Crippen LogP contribution in [0, 0.1) is 12.8 Å². The maximum atomic E-state index is 12.0. The van der Waals surface area contributed by atoms with Crippen molar-refractivity contribution in [1.82, 2.24) is 14.9 Å². The van der Waals surface area contributed by atoms with Crippen molar-refractivity contribution in [2.75, 3.05) is 13.1 Å². The standard InChI is InChI=1S/C14H15N3O3/c1-8-3-2-4-10-12(8)15-11(16-13(10)18)7-17-5-9(6-17)14(19)20/h2-4,9H,5-7H2,1H3,(H,19,20)(H,15,16,18). The number of aryl methyl sites for hydroxylation is 1. The van der Waals surface area contributed by atoms with Crippen molar-refractivity contribution in [2.24, 2.45) is 5.92 Å². The van der Waals surface area contributed by atoms with E-state index < -0.39 is 5.97 Å². The van der Waals surface area contributed by atoms with Gasteiger partial charge in [-0.3, -0.25) is 14.5 Å². The van der Waals surface area contributed by atoms with Gasteiger partial charge >= 0.3 is 5.97 Å². The fraction of sp³-hybridized carbons (Fsp3) is 0.357. The number of carboxylic acids is 1. The van der Waals surface area contributed by atoms with Crippen LogP contribution in [0.2, 0.25) is 0 Å². The minimum absolute atomic E-state index is 0.149. The highest BCUT2D eigenvalue weighted by Crippen LogP contribution is 2.18. The van der Waals surface area contributed by atoms with Crippen LogP contribution in [-0.2, 0) is 11.3 Å². The molecule has 1 saturated heterocycles. The average molecular weight is 273 g/mol. The number of hydrogen-bond acceptors (Lipinski definition) is 4. The second kappa shape index (κ2) is 4.72. The lowest BCUT2D eigenvalue weighted by molar-refractivity contribution is -0.147. The number of para-hydroxylation sites is 1. The van der Waals surface area contributed by atoms with Crippen molar-refractivity contribution in [3.8, 4) is 0 Å². The molecule has 2 heterocycles. The van der Waals surface area contributed by atoms with E-state index in [-0.39, 0.29) is 11.5 Å². The smallest absolute Gasteiger partial charge is 0.309 e. The van der Waals surface area contributed by atoms with E-state index in [4.69, 9.17) is 5.11 Å². The number of H-pyrrole nitrogens is 1. The van der Waals surface area contributed by atoms with Gasteiger partial charge in [-0.2, -0.15) is 0 Å². The third kappa shape index (κ3) is 2.18. The molecular weight excluding hydrogens is 258 g/mol. The largest absolute Gasteiger partial charge is 0.481 e. The van der Waals surface area contributed by atoms with Crippen LogP contribution in [0.15, 0.2) is 23.0 Å². The minimum atomic E-state index is -0.767. The zero-order valence-corrected chi connectivity index (χ0v) is 11.1. The van der Waals surface area contributed by atoms with Gasteiger partial charge in [0.25, 0.3) is 5.56 Å². The fourth-order valence-electron chi connectivity index (χ4n) is 2.49. The summed E-state index contributed by atoms with van der Waals surface area (Å²) < 4.78 is 0. The van der Waals surface area contributed by atoms with Gasteiger partial charge < -0.3 is 10.1 Å². The topological polar surface area (TPSA) is 86.3 Å². The van der Waals surface area contributed by atoms with Crippen LogP contribution in [-0.4, -0.2) is 39.0 Å². The first kappa shape index (κ1) is 12.8. The summed E-state index contributed by atoms with van der Waals surface area (Å²) in [4.78, 5) is 32.0. The molecule has 1 aromatic carbocycles. The van der Waals surface area contributed by atoms with Gasteiger partial charge in [-0.1, -0.05) is 12.1 Å². The lowest BCUT2D eigenvalue weighted by Crippen LogP contribution is -2.49. The number of aromatic amines is 1. The van der Waals surface area contributed by atoms with E-state index in [2.05, 4.69) is 9.97 Å². The van der Waals surface area contributed by atoms with E-state index >= 15 is 0 Å². The molecule has 0 radical (unpaired) electrons. The van der Waals surface area contributed by atoms with Gasteiger partial charge in [-0.25, -0.2) is 4.98 Å². The predicted octanol–water partition coefficient (Wildman–Crippen LogP) is 0.748. The molecule has 6 nitrogen and oxygen atoms in total. The Bertz CT molecular complexity index is 732. The number of rotatable bonds is 3. The molecular formula is C14H15N3O3. The Morgan fingerprint density at radius 3 is 2.95 bits per heavy atom. The highest BCUT2D eigenvalue weighted by Gasteiger charge is 2.32. The summed E-state index contributed by atoms with van der Waals surface area (Å²) in [7, 11) is 0. The molecule has 0 bridgehead atoms. The molecule has 0 atom stereocenters. The van der Waals surface area contributed by atoms with Gasteiger partial charge in [0, 0.05) is 13.1 Å². The second-order valence-corrected chi connectivity index (χ2v) is 5.21. The maximum absolute atomic E-state index is 12.0. The monoisotopic (exact) mass is 273 g/mol. The Hall–Kier alpha value is -2.21. The summed E-state index contributed by atoms with van der Waals surface area (Å²) in [5.74, 6) is -0.485. The van der Waals surface area contributed by atoms with E-state index in [1.807, 2.05) is 24.0 Å². The zero-order chi connectivity index (χ0) is 14.3. The van der Waals surface area contributed by atoms with Crippen LogP contribution < -0.4 is 5.56 Å². The Labute approximate surface area is 115 Å². The summed E-state index contributed by atoms with van der Waals surface area (Å²) in [5, 5.41) is 9.42. The molecule has 2 aromatic rings. The number of hydrogen-bond donors (Lipinski definition) is 2. The highest BCUT2D eigenvalue weighted by molar-refractivity contribution is 5.80. The van der Waals surface area contributed by atoms with Gasteiger partial charge in [0.1, 0.15) is 5.82 Å². The van der Waals surface area contributed by atoms with Gasteiger partial charge in [0.2, 0.25) is 0 Å². The Morgan fingerprint density at radius 2 is 2.25 bits per heavy atom. The number of carbonyl (C=O) groups is 1. The molecule has 104 valence electrons. The van der Waals surface area contributed by atoms with E-state index in [0.717, 1.165) is 5.56 Å². The number of aliphatic carboxylic acids is 1. The van der Waals surface area contributed by atoms with Crippen LogP contribution in [0.4, 0.5) is 0 Å². The second-order valence-electron chi connectivity index (χ2n) is 5.21. The zero-order valence-electron chi connectivity index (χ0n) is 11.1. The average Bonchev–Trinajstić information content (AvgIpc) is 2.34. The molecule has 1 aliphatic heterocycles. The third-order valence-electron chi connectivity index (χ3n) is 3.67.